The van der Waals surface area contributed by atoms with E-state index in [2.05, 4.69) is 50.5 Å². The summed E-state index contributed by atoms with van der Waals surface area (Å²) in [5.74, 6) is 0.371. The van der Waals surface area contributed by atoms with Crippen LogP contribution in [0.15, 0.2) is 54.9 Å². The van der Waals surface area contributed by atoms with Crippen LogP contribution in [-0.2, 0) is 6.54 Å². The predicted octanol–water partition coefficient (Wildman–Crippen LogP) is 3.35. The normalized spacial score (nSPS) is 14.6. The molecule has 3 heterocycles. The number of nitrogens with one attached hydrogen (secondary N) is 1. The summed E-state index contributed by atoms with van der Waals surface area (Å²) < 4.78 is 5.39. The molecule has 1 aliphatic rings. The van der Waals surface area contributed by atoms with Crippen molar-refractivity contribution in [3.8, 4) is 17.0 Å². The molecule has 0 spiro atoms. The lowest BCUT2D eigenvalue weighted by Gasteiger charge is -2.32. The molecule has 3 aromatic rings. The molecule has 0 atom stereocenters. The summed E-state index contributed by atoms with van der Waals surface area (Å²) in [6.07, 6.45) is 5.75. The molecule has 1 aliphatic heterocycles. The largest absolute Gasteiger partial charge is 0.476 e. The highest BCUT2D eigenvalue weighted by molar-refractivity contribution is 5.94. The van der Waals surface area contributed by atoms with Crippen molar-refractivity contribution in [2.45, 2.75) is 26.3 Å². The number of nitrogens with zero attached hydrogens (tertiary/aromatic N) is 3. The summed E-state index contributed by atoms with van der Waals surface area (Å²) >= 11 is 0. The third-order valence-electron chi connectivity index (χ3n) is 6.16. The van der Waals surface area contributed by atoms with Crippen molar-refractivity contribution in [3.05, 3.63) is 66.1 Å². The maximum absolute atomic E-state index is 12.6. The van der Waals surface area contributed by atoms with Gasteiger partial charge in [0.05, 0.1) is 12.3 Å². The van der Waals surface area contributed by atoms with Crippen molar-refractivity contribution in [2.75, 3.05) is 37.7 Å². The standard InChI is InChI=1S/C26H32N6O2/c1-2-34-26-24(28)22(27)14-23(31-26)25(33)30-15-18-8-11-32(12-9-18)17-19-5-3-6-20(13-19)21-7-4-10-29-16-21/h3-7,10,13-14,16,18H,2,8-9,11-12,15,17,28H2,1H3,(H2,27,31)(H,30,33). The summed E-state index contributed by atoms with van der Waals surface area (Å²) in [6.45, 7) is 5.75. The summed E-state index contributed by atoms with van der Waals surface area (Å²) in [5, 5.41) is 3.00. The summed E-state index contributed by atoms with van der Waals surface area (Å²) in [5.41, 5.74) is 16.2. The molecular formula is C26H32N6O2. The lowest BCUT2D eigenvalue weighted by atomic mass is 9.96. The van der Waals surface area contributed by atoms with E-state index >= 15 is 0 Å². The monoisotopic (exact) mass is 460 g/mol. The molecule has 0 unspecified atom stereocenters. The Morgan fingerprint density at radius 1 is 1.15 bits per heavy atom. The van der Waals surface area contributed by atoms with E-state index in [1.54, 1.807) is 6.20 Å². The number of nitrogens with two attached hydrogens (primary N) is 2. The lowest BCUT2D eigenvalue weighted by molar-refractivity contribution is 0.0929. The first-order valence-electron chi connectivity index (χ1n) is 11.7. The number of hydrogen-bond acceptors (Lipinski definition) is 7. The maximum atomic E-state index is 12.6. The van der Waals surface area contributed by atoms with E-state index in [9.17, 15) is 4.79 Å². The van der Waals surface area contributed by atoms with Crippen molar-refractivity contribution in [1.82, 2.24) is 20.2 Å². The van der Waals surface area contributed by atoms with Crippen molar-refractivity contribution < 1.29 is 9.53 Å². The zero-order chi connectivity index (χ0) is 23.9. The number of piperidine rings is 1. The van der Waals surface area contributed by atoms with Crippen LogP contribution in [0.5, 0.6) is 5.88 Å². The van der Waals surface area contributed by atoms with Gasteiger partial charge < -0.3 is 21.5 Å². The highest BCUT2D eigenvalue weighted by Gasteiger charge is 2.21. The summed E-state index contributed by atoms with van der Waals surface area (Å²) in [7, 11) is 0. The minimum absolute atomic E-state index is 0.202. The molecule has 1 aromatic carbocycles. The number of pyridine rings is 2. The Balaban J connectivity index is 1.27. The Morgan fingerprint density at radius 3 is 2.68 bits per heavy atom. The summed E-state index contributed by atoms with van der Waals surface area (Å²) in [4.78, 5) is 23.5. The number of rotatable bonds is 8. The first kappa shape index (κ1) is 23.5. The molecule has 0 bridgehead atoms. The molecule has 0 saturated carbocycles. The quantitative estimate of drug-likeness (QED) is 0.471. The van der Waals surface area contributed by atoms with E-state index in [4.69, 9.17) is 16.2 Å². The fraction of sp³-hybridized carbons (Fsp3) is 0.346. The van der Waals surface area contributed by atoms with Gasteiger partial charge in [0.2, 0.25) is 5.88 Å². The Labute approximate surface area is 200 Å². The molecule has 1 fully saturated rings. The molecule has 8 nitrogen and oxygen atoms in total. The Morgan fingerprint density at radius 2 is 1.94 bits per heavy atom. The predicted molar refractivity (Wildman–Crippen MR) is 134 cm³/mol. The maximum Gasteiger partial charge on any atom is 0.270 e. The third-order valence-corrected chi connectivity index (χ3v) is 6.16. The van der Waals surface area contributed by atoms with Crippen LogP contribution >= 0.6 is 0 Å². The Bertz CT molecular complexity index is 1110. The molecule has 0 radical (unpaired) electrons. The SMILES string of the molecule is CCOc1nc(C(=O)NCC2CCN(Cc3cccc(-c4cccnc4)c3)CC2)cc(N)c1N. The minimum Gasteiger partial charge on any atom is -0.476 e. The molecule has 34 heavy (non-hydrogen) atoms. The van der Waals surface area contributed by atoms with Gasteiger partial charge in [0.25, 0.3) is 5.91 Å². The smallest absolute Gasteiger partial charge is 0.270 e. The van der Waals surface area contributed by atoms with Gasteiger partial charge in [-0.3, -0.25) is 14.7 Å². The number of benzene rings is 1. The molecule has 0 aliphatic carbocycles. The fourth-order valence-electron chi connectivity index (χ4n) is 4.23. The summed E-state index contributed by atoms with van der Waals surface area (Å²) in [6, 6.07) is 14.2. The van der Waals surface area contributed by atoms with E-state index in [0.717, 1.165) is 38.0 Å². The number of ether oxygens (including phenoxy) is 1. The van der Waals surface area contributed by atoms with Crippen molar-refractivity contribution in [2.24, 2.45) is 5.92 Å². The van der Waals surface area contributed by atoms with Gasteiger partial charge >= 0.3 is 0 Å². The molecular weight excluding hydrogens is 428 g/mol. The van der Waals surface area contributed by atoms with E-state index in [1.807, 2.05) is 19.2 Å². The van der Waals surface area contributed by atoms with Crippen LogP contribution < -0.4 is 21.5 Å². The number of nitrogen functional groups attached to an aromatic ring is 2. The second kappa shape index (κ2) is 11.0. The van der Waals surface area contributed by atoms with Crippen molar-refractivity contribution in [3.63, 3.8) is 0 Å². The molecule has 5 N–H and O–H groups in total. The van der Waals surface area contributed by atoms with E-state index < -0.39 is 0 Å². The van der Waals surface area contributed by atoms with Crippen LogP contribution in [0.3, 0.4) is 0 Å². The lowest BCUT2D eigenvalue weighted by Crippen LogP contribution is -2.38. The van der Waals surface area contributed by atoms with E-state index in [0.29, 0.717) is 24.8 Å². The van der Waals surface area contributed by atoms with Gasteiger partial charge in [-0.1, -0.05) is 24.3 Å². The van der Waals surface area contributed by atoms with Crippen LogP contribution in [0, 0.1) is 5.92 Å². The van der Waals surface area contributed by atoms with E-state index in [1.165, 1.54) is 17.2 Å². The third kappa shape index (κ3) is 5.82. The second-order valence-electron chi connectivity index (χ2n) is 8.62. The van der Waals surface area contributed by atoms with Gasteiger partial charge in [0.15, 0.2) is 0 Å². The molecule has 1 amide bonds. The van der Waals surface area contributed by atoms with Crippen LogP contribution in [0.2, 0.25) is 0 Å². The van der Waals surface area contributed by atoms with Crippen molar-refractivity contribution in [1.29, 1.82) is 0 Å². The average Bonchev–Trinajstić information content (AvgIpc) is 2.87. The molecule has 2 aromatic heterocycles. The number of carbonyl (C=O) groups is 1. The number of amides is 1. The van der Waals surface area contributed by atoms with Crippen LogP contribution in [-0.4, -0.2) is 47.0 Å². The Kier molecular flexibility index (Phi) is 7.59. The second-order valence-corrected chi connectivity index (χ2v) is 8.62. The van der Waals surface area contributed by atoms with Gasteiger partial charge in [0.1, 0.15) is 11.4 Å². The van der Waals surface area contributed by atoms with Crippen LogP contribution in [0.1, 0.15) is 35.8 Å². The number of likely N-dealkylation sites (tertiary alicyclic amines) is 1. The molecule has 8 heteroatoms. The van der Waals surface area contributed by atoms with E-state index in [-0.39, 0.29) is 23.2 Å². The Hall–Kier alpha value is -3.65. The molecule has 1 saturated heterocycles. The van der Waals surface area contributed by atoms with Crippen LogP contribution in [0.25, 0.3) is 11.1 Å². The zero-order valence-corrected chi connectivity index (χ0v) is 19.5. The van der Waals surface area contributed by atoms with Crippen LogP contribution in [0.4, 0.5) is 11.4 Å². The molecule has 178 valence electrons. The topological polar surface area (TPSA) is 119 Å². The zero-order valence-electron chi connectivity index (χ0n) is 19.5. The first-order chi connectivity index (χ1) is 16.5. The highest BCUT2D eigenvalue weighted by atomic mass is 16.5. The number of anilines is 2. The average molecular weight is 461 g/mol. The number of hydrogen-bond donors (Lipinski definition) is 3. The first-order valence-corrected chi connectivity index (χ1v) is 11.7. The van der Waals surface area contributed by atoms with Gasteiger partial charge in [-0.05, 0) is 73.7 Å². The molecule has 4 rings (SSSR count). The van der Waals surface area contributed by atoms with Gasteiger partial charge in [0, 0.05) is 25.5 Å². The minimum atomic E-state index is -0.262. The highest BCUT2D eigenvalue weighted by Crippen LogP contribution is 2.26. The number of aromatic nitrogens is 2. The fourth-order valence-corrected chi connectivity index (χ4v) is 4.23. The van der Waals surface area contributed by atoms with Crippen molar-refractivity contribution >= 4 is 17.3 Å². The van der Waals surface area contributed by atoms with Gasteiger partial charge in [-0.2, -0.15) is 0 Å². The van der Waals surface area contributed by atoms with Gasteiger partial charge in [-0.15, -0.1) is 0 Å². The van der Waals surface area contributed by atoms with Gasteiger partial charge in [-0.25, -0.2) is 4.98 Å². The number of carbonyl (C=O) groups excluding carboxylic acids is 1.